The lowest BCUT2D eigenvalue weighted by Crippen LogP contribution is -2.41. The summed E-state index contributed by atoms with van der Waals surface area (Å²) in [6, 6.07) is 0. The number of ether oxygens (including phenoxy) is 1. The predicted octanol–water partition coefficient (Wildman–Crippen LogP) is 2.33. The Morgan fingerprint density at radius 3 is 2.63 bits per heavy atom. The molecule has 0 aromatic carbocycles. The normalized spacial score (nSPS) is 39.6. The van der Waals surface area contributed by atoms with Gasteiger partial charge in [-0.3, -0.25) is 0 Å². The van der Waals surface area contributed by atoms with E-state index in [1.54, 1.807) is 0 Å². The molecule has 0 bridgehead atoms. The van der Waals surface area contributed by atoms with Gasteiger partial charge in [-0.2, -0.15) is 4.98 Å². The minimum atomic E-state index is -0.390. The van der Waals surface area contributed by atoms with Gasteiger partial charge in [0.05, 0.1) is 24.2 Å². The van der Waals surface area contributed by atoms with Crippen LogP contribution in [0.5, 0.6) is 0 Å². The number of aromatic nitrogens is 2. The van der Waals surface area contributed by atoms with Crippen molar-refractivity contribution in [1.82, 2.24) is 10.1 Å². The molecule has 1 aromatic rings. The molecular formula is C14H23N3O2. The lowest BCUT2D eigenvalue weighted by Gasteiger charge is -2.33. The number of nitrogens with two attached hydrogens (primary N) is 1. The topological polar surface area (TPSA) is 74.2 Å². The van der Waals surface area contributed by atoms with Crippen molar-refractivity contribution in [2.75, 3.05) is 6.61 Å². The molecule has 0 radical (unpaired) electrons. The molecule has 0 amide bonds. The van der Waals surface area contributed by atoms with Crippen LogP contribution in [0.25, 0.3) is 0 Å². The fourth-order valence-corrected chi connectivity index (χ4v) is 3.09. The number of hydrogen-bond acceptors (Lipinski definition) is 5. The van der Waals surface area contributed by atoms with Gasteiger partial charge >= 0.3 is 0 Å². The van der Waals surface area contributed by atoms with E-state index in [0.717, 1.165) is 38.0 Å². The van der Waals surface area contributed by atoms with Crippen molar-refractivity contribution in [3.8, 4) is 0 Å². The van der Waals surface area contributed by atoms with Gasteiger partial charge in [0.25, 0.3) is 0 Å². The monoisotopic (exact) mass is 265 g/mol. The molecule has 0 spiro atoms. The molecule has 2 unspecified atom stereocenters. The van der Waals surface area contributed by atoms with Crippen LogP contribution in [0.4, 0.5) is 0 Å². The third-order valence-electron chi connectivity index (χ3n) is 4.60. The summed E-state index contributed by atoms with van der Waals surface area (Å²) in [4.78, 5) is 4.56. The second kappa shape index (κ2) is 4.87. The molecule has 1 saturated heterocycles. The summed E-state index contributed by atoms with van der Waals surface area (Å²) < 4.78 is 11.0. The second-order valence-corrected chi connectivity index (χ2v) is 6.37. The maximum Gasteiger partial charge on any atom is 0.232 e. The molecular weight excluding hydrogens is 242 g/mol. The van der Waals surface area contributed by atoms with E-state index in [1.165, 1.54) is 0 Å². The molecule has 1 aliphatic carbocycles. The molecule has 19 heavy (non-hydrogen) atoms. The van der Waals surface area contributed by atoms with Crippen LogP contribution in [0.15, 0.2) is 4.52 Å². The van der Waals surface area contributed by atoms with Crippen LogP contribution >= 0.6 is 0 Å². The van der Waals surface area contributed by atoms with Crippen LogP contribution in [0.2, 0.25) is 0 Å². The Morgan fingerprint density at radius 2 is 2.00 bits per heavy atom. The molecule has 2 atom stereocenters. The Hall–Kier alpha value is -0.940. The summed E-state index contributed by atoms with van der Waals surface area (Å²) >= 11 is 0. The Bertz CT molecular complexity index is 438. The van der Waals surface area contributed by atoms with E-state index in [0.29, 0.717) is 18.3 Å². The van der Waals surface area contributed by atoms with Crippen LogP contribution < -0.4 is 5.73 Å². The summed E-state index contributed by atoms with van der Waals surface area (Å²) in [7, 11) is 0. The van der Waals surface area contributed by atoms with E-state index in [-0.39, 0.29) is 17.6 Å². The summed E-state index contributed by atoms with van der Waals surface area (Å²) in [5.74, 6) is 2.38. The van der Waals surface area contributed by atoms with Crippen molar-refractivity contribution in [2.45, 2.75) is 63.5 Å². The average Bonchev–Trinajstić information content (AvgIpc) is 3.02. The quantitative estimate of drug-likeness (QED) is 0.888. The number of rotatable bonds is 2. The molecule has 106 valence electrons. The van der Waals surface area contributed by atoms with Gasteiger partial charge in [0.15, 0.2) is 5.82 Å². The Kier molecular flexibility index (Phi) is 3.35. The van der Waals surface area contributed by atoms with E-state index in [9.17, 15) is 0 Å². The fourth-order valence-electron chi connectivity index (χ4n) is 3.09. The van der Waals surface area contributed by atoms with Crippen LogP contribution in [0.1, 0.15) is 63.6 Å². The first-order valence-corrected chi connectivity index (χ1v) is 7.31. The smallest absolute Gasteiger partial charge is 0.232 e. The first-order chi connectivity index (χ1) is 9.07. The molecule has 1 saturated carbocycles. The van der Waals surface area contributed by atoms with E-state index < -0.39 is 0 Å². The summed E-state index contributed by atoms with van der Waals surface area (Å²) in [6.45, 7) is 5.03. The first-order valence-electron chi connectivity index (χ1n) is 7.31. The van der Waals surface area contributed by atoms with Gasteiger partial charge in [-0.15, -0.1) is 0 Å². The molecule has 5 heteroatoms. The van der Waals surface area contributed by atoms with Crippen LogP contribution in [-0.2, 0) is 10.3 Å². The average molecular weight is 265 g/mol. The Balaban J connectivity index is 1.74. The lowest BCUT2D eigenvalue weighted by atomic mass is 9.77. The van der Waals surface area contributed by atoms with Gasteiger partial charge in [0, 0.05) is 0 Å². The van der Waals surface area contributed by atoms with Crippen molar-refractivity contribution in [1.29, 1.82) is 0 Å². The molecule has 1 aromatic heterocycles. The SMILES string of the molecule is CC1CCC(N)(c2noc(C3COC(C)C3)n2)CC1. The third-order valence-corrected chi connectivity index (χ3v) is 4.60. The van der Waals surface area contributed by atoms with E-state index in [1.807, 2.05) is 0 Å². The van der Waals surface area contributed by atoms with Crippen molar-refractivity contribution < 1.29 is 9.26 Å². The fraction of sp³-hybridized carbons (Fsp3) is 0.857. The van der Waals surface area contributed by atoms with Gasteiger partial charge in [-0.25, -0.2) is 0 Å². The van der Waals surface area contributed by atoms with Crippen molar-refractivity contribution in [3.05, 3.63) is 11.7 Å². The van der Waals surface area contributed by atoms with Crippen LogP contribution in [-0.4, -0.2) is 22.9 Å². The highest BCUT2D eigenvalue weighted by Gasteiger charge is 2.37. The molecule has 5 nitrogen and oxygen atoms in total. The highest BCUT2D eigenvalue weighted by atomic mass is 16.5. The largest absolute Gasteiger partial charge is 0.378 e. The Morgan fingerprint density at radius 1 is 1.26 bits per heavy atom. The molecule has 2 aliphatic rings. The zero-order valence-electron chi connectivity index (χ0n) is 11.8. The summed E-state index contributed by atoms with van der Waals surface area (Å²) in [5, 5.41) is 4.14. The zero-order chi connectivity index (χ0) is 13.5. The minimum absolute atomic E-state index is 0.238. The van der Waals surface area contributed by atoms with Gasteiger partial charge in [-0.05, 0) is 44.9 Å². The van der Waals surface area contributed by atoms with E-state index >= 15 is 0 Å². The van der Waals surface area contributed by atoms with Crippen LogP contribution in [0.3, 0.4) is 0 Å². The molecule has 3 rings (SSSR count). The third kappa shape index (κ3) is 2.54. The summed E-state index contributed by atoms with van der Waals surface area (Å²) in [5.41, 5.74) is 6.08. The zero-order valence-corrected chi connectivity index (χ0v) is 11.8. The standard InChI is InChI=1S/C14H23N3O2/c1-9-3-5-14(15,6-4-9)13-16-12(19-17-13)11-7-10(2)18-8-11/h9-11H,3-8,15H2,1-2H3. The first kappa shape index (κ1) is 13.1. The highest BCUT2D eigenvalue weighted by Crippen LogP contribution is 2.37. The Labute approximate surface area is 113 Å². The van der Waals surface area contributed by atoms with E-state index in [4.69, 9.17) is 15.0 Å². The van der Waals surface area contributed by atoms with Gasteiger partial charge in [0.2, 0.25) is 5.89 Å². The van der Waals surface area contributed by atoms with Crippen LogP contribution in [0, 0.1) is 5.92 Å². The second-order valence-electron chi connectivity index (χ2n) is 6.37. The maximum atomic E-state index is 6.47. The molecule has 2 N–H and O–H groups in total. The van der Waals surface area contributed by atoms with Gasteiger partial charge < -0.3 is 15.0 Å². The van der Waals surface area contributed by atoms with Crippen molar-refractivity contribution >= 4 is 0 Å². The minimum Gasteiger partial charge on any atom is -0.378 e. The van der Waals surface area contributed by atoms with Gasteiger partial charge in [0.1, 0.15) is 0 Å². The summed E-state index contributed by atoms with van der Waals surface area (Å²) in [6.07, 6.45) is 5.42. The molecule has 2 heterocycles. The van der Waals surface area contributed by atoms with Crippen molar-refractivity contribution in [2.24, 2.45) is 11.7 Å². The predicted molar refractivity (Wildman–Crippen MR) is 70.6 cm³/mol. The van der Waals surface area contributed by atoms with Crippen molar-refractivity contribution in [3.63, 3.8) is 0 Å². The molecule has 1 aliphatic heterocycles. The lowest BCUT2D eigenvalue weighted by molar-refractivity contribution is 0.122. The van der Waals surface area contributed by atoms with E-state index in [2.05, 4.69) is 24.0 Å². The highest BCUT2D eigenvalue weighted by molar-refractivity contribution is 5.08. The maximum absolute atomic E-state index is 6.47. The number of hydrogen-bond donors (Lipinski definition) is 1. The van der Waals surface area contributed by atoms with Gasteiger partial charge in [-0.1, -0.05) is 12.1 Å². The molecule has 2 fully saturated rings. The number of nitrogens with zero attached hydrogens (tertiary/aromatic N) is 2.